The van der Waals surface area contributed by atoms with E-state index < -0.39 is 11.6 Å². The fourth-order valence-electron chi connectivity index (χ4n) is 1.56. The van der Waals surface area contributed by atoms with Crippen molar-refractivity contribution in [3.8, 4) is 0 Å². The van der Waals surface area contributed by atoms with Gasteiger partial charge in [-0.1, -0.05) is 56.1 Å². The number of hydrogen-bond acceptors (Lipinski definition) is 0. The third-order valence-electron chi connectivity index (χ3n) is 2.41. The predicted molar refractivity (Wildman–Crippen MR) is 71.3 cm³/mol. The van der Waals surface area contributed by atoms with Gasteiger partial charge in [-0.05, 0) is 17.7 Å². The molecule has 88 valence electrons. The molecule has 0 spiro atoms. The van der Waals surface area contributed by atoms with Crippen LogP contribution in [0.15, 0.2) is 46.9 Å². The molecule has 0 aliphatic rings. The first-order chi connectivity index (χ1) is 8.09. The van der Waals surface area contributed by atoms with E-state index in [1.807, 2.05) is 24.3 Å². The molecular formula is C13H8Br2F2. The molecule has 0 radical (unpaired) electrons. The van der Waals surface area contributed by atoms with Gasteiger partial charge in [0.2, 0.25) is 0 Å². The SMILES string of the molecule is Fc1ccc(C(Br)c2ccccc2Br)c(F)c1. The normalized spacial score (nSPS) is 12.5. The summed E-state index contributed by atoms with van der Waals surface area (Å²) in [5.74, 6) is -1.12. The Hall–Kier alpha value is -0.740. The van der Waals surface area contributed by atoms with Crippen molar-refractivity contribution < 1.29 is 8.78 Å². The molecule has 2 aromatic rings. The number of halogens is 4. The average Bonchev–Trinajstić information content (AvgIpc) is 2.29. The minimum Gasteiger partial charge on any atom is -0.207 e. The lowest BCUT2D eigenvalue weighted by Gasteiger charge is -2.13. The van der Waals surface area contributed by atoms with Crippen LogP contribution in [-0.2, 0) is 0 Å². The molecule has 0 amide bonds. The summed E-state index contributed by atoms with van der Waals surface area (Å²) >= 11 is 6.83. The lowest BCUT2D eigenvalue weighted by molar-refractivity contribution is 0.574. The van der Waals surface area contributed by atoms with Gasteiger partial charge >= 0.3 is 0 Å². The molecule has 4 heteroatoms. The van der Waals surface area contributed by atoms with E-state index in [2.05, 4.69) is 31.9 Å². The highest BCUT2D eigenvalue weighted by Gasteiger charge is 2.17. The zero-order valence-electron chi connectivity index (χ0n) is 8.63. The topological polar surface area (TPSA) is 0 Å². The molecule has 1 atom stereocenters. The van der Waals surface area contributed by atoms with E-state index in [0.717, 1.165) is 16.1 Å². The van der Waals surface area contributed by atoms with Gasteiger partial charge in [-0.3, -0.25) is 0 Å². The first-order valence-corrected chi connectivity index (χ1v) is 6.64. The van der Waals surface area contributed by atoms with Crippen molar-refractivity contribution in [1.29, 1.82) is 0 Å². The van der Waals surface area contributed by atoms with Gasteiger partial charge < -0.3 is 0 Å². The van der Waals surface area contributed by atoms with E-state index in [9.17, 15) is 8.78 Å². The van der Waals surface area contributed by atoms with Gasteiger partial charge in [0.1, 0.15) is 11.6 Å². The maximum absolute atomic E-state index is 13.6. The molecular weight excluding hydrogens is 354 g/mol. The molecule has 0 fully saturated rings. The summed E-state index contributed by atoms with van der Waals surface area (Å²) in [4.78, 5) is -0.307. The maximum Gasteiger partial charge on any atom is 0.130 e. The molecule has 0 aliphatic heterocycles. The lowest BCUT2D eigenvalue weighted by atomic mass is 10.0. The van der Waals surface area contributed by atoms with E-state index in [-0.39, 0.29) is 4.83 Å². The van der Waals surface area contributed by atoms with Crippen LogP contribution in [0.3, 0.4) is 0 Å². The fraction of sp³-hybridized carbons (Fsp3) is 0.0769. The van der Waals surface area contributed by atoms with Gasteiger partial charge in [0.15, 0.2) is 0 Å². The van der Waals surface area contributed by atoms with Crippen molar-refractivity contribution in [1.82, 2.24) is 0 Å². The Balaban J connectivity index is 2.44. The van der Waals surface area contributed by atoms with E-state index in [1.54, 1.807) is 0 Å². The van der Waals surface area contributed by atoms with Crippen molar-refractivity contribution in [3.05, 3.63) is 69.7 Å². The Morgan fingerprint density at radius 2 is 1.65 bits per heavy atom. The number of hydrogen-bond donors (Lipinski definition) is 0. The summed E-state index contributed by atoms with van der Waals surface area (Å²) in [6, 6.07) is 11.1. The minimum atomic E-state index is -0.571. The van der Waals surface area contributed by atoms with Crippen LogP contribution < -0.4 is 0 Å². The summed E-state index contributed by atoms with van der Waals surface area (Å²) in [6.45, 7) is 0. The molecule has 0 saturated carbocycles. The highest BCUT2D eigenvalue weighted by Crippen LogP contribution is 2.36. The maximum atomic E-state index is 13.6. The van der Waals surface area contributed by atoms with Crippen molar-refractivity contribution >= 4 is 31.9 Å². The molecule has 0 N–H and O–H groups in total. The zero-order chi connectivity index (χ0) is 12.4. The van der Waals surface area contributed by atoms with Crippen LogP contribution in [0, 0.1) is 11.6 Å². The Morgan fingerprint density at radius 1 is 0.941 bits per heavy atom. The molecule has 2 aromatic carbocycles. The predicted octanol–water partition coefficient (Wildman–Crippen LogP) is 5.21. The van der Waals surface area contributed by atoms with E-state index >= 15 is 0 Å². The molecule has 17 heavy (non-hydrogen) atoms. The molecule has 0 aromatic heterocycles. The van der Waals surface area contributed by atoms with Crippen molar-refractivity contribution in [2.45, 2.75) is 4.83 Å². The van der Waals surface area contributed by atoms with E-state index in [0.29, 0.717) is 5.56 Å². The second-order valence-corrected chi connectivity index (χ2v) is 5.32. The van der Waals surface area contributed by atoms with Gasteiger partial charge in [0.05, 0.1) is 4.83 Å². The Bertz CT molecular complexity index is 541. The van der Waals surface area contributed by atoms with Gasteiger partial charge in [-0.25, -0.2) is 8.78 Å². The molecule has 0 saturated heterocycles. The Labute approximate surface area is 115 Å². The van der Waals surface area contributed by atoms with Crippen LogP contribution in [0.1, 0.15) is 16.0 Å². The number of alkyl halides is 1. The summed E-state index contributed by atoms with van der Waals surface area (Å²) in [6.07, 6.45) is 0. The van der Waals surface area contributed by atoms with E-state index in [1.165, 1.54) is 12.1 Å². The van der Waals surface area contributed by atoms with Crippen molar-refractivity contribution in [2.24, 2.45) is 0 Å². The molecule has 1 unspecified atom stereocenters. The third kappa shape index (κ3) is 2.75. The van der Waals surface area contributed by atoms with Crippen LogP contribution >= 0.6 is 31.9 Å². The summed E-state index contributed by atoms with van der Waals surface area (Å²) < 4.78 is 27.3. The molecule has 0 heterocycles. The van der Waals surface area contributed by atoms with Gasteiger partial charge in [0.25, 0.3) is 0 Å². The van der Waals surface area contributed by atoms with Gasteiger partial charge in [0, 0.05) is 16.1 Å². The first kappa shape index (κ1) is 12.7. The van der Waals surface area contributed by atoms with Gasteiger partial charge in [-0.15, -0.1) is 0 Å². The fourth-order valence-corrected chi connectivity index (χ4v) is 3.15. The van der Waals surface area contributed by atoms with Crippen LogP contribution in [-0.4, -0.2) is 0 Å². The first-order valence-electron chi connectivity index (χ1n) is 4.93. The lowest BCUT2D eigenvalue weighted by Crippen LogP contribution is -1.98. The molecule has 0 nitrogen and oxygen atoms in total. The summed E-state index contributed by atoms with van der Waals surface area (Å²) in [7, 11) is 0. The highest BCUT2D eigenvalue weighted by molar-refractivity contribution is 9.11. The van der Waals surface area contributed by atoms with E-state index in [4.69, 9.17) is 0 Å². The summed E-state index contributed by atoms with van der Waals surface area (Å²) in [5, 5.41) is 0. The van der Waals surface area contributed by atoms with Crippen LogP contribution in [0.4, 0.5) is 8.78 Å². The minimum absolute atomic E-state index is 0.307. The van der Waals surface area contributed by atoms with Crippen LogP contribution in [0.5, 0.6) is 0 Å². The van der Waals surface area contributed by atoms with Crippen molar-refractivity contribution in [3.63, 3.8) is 0 Å². The Morgan fingerprint density at radius 3 is 2.29 bits per heavy atom. The second kappa shape index (κ2) is 5.27. The average molecular weight is 362 g/mol. The quantitative estimate of drug-likeness (QED) is 0.644. The molecule has 0 aliphatic carbocycles. The number of rotatable bonds is 2. The van der Waals surface area contributed by atoms with Crippen LogP contribution in [0.25, 0.3) is 0 Å². The second-order valence-electron chi connectivity index (χ2n) is 3.55. The largest absolute Gasteiger partial charge is 0.207 e. The standard InChI is InChI=1S/C13H8Br2F2/c14-11-4-2-1-3-9(11)13(15)10-6-5-8(16)7-12(10)17/h1-7,13H. The Kier molecular flexibility index (Phi) is 3.94. The molecule has 2 rings (SSSR count). The van der Waals surface area contributed by atoms with Gasteiger partial charge in [-0.2, -0.15) is 0 Å². The van der Waals surface area contributed by atoms with Crippen molar-refractivity contribution in [2.75, 3.05) is 0 Å². The highest BCUT2D eigenvalue weighted by atomic mass is 79.9. The molecule has 0 bridgehead atoms. The monoisotopic (exact) mass is 360 g/mol. The third-order valence-corrected chi connectivity index (χ3v) is 4.12. The summed E-state index contributed by atoms with van der Waals surface area (Å²) in [5.41, 5.74) is 1.32. The zero-order valence-corrected chi connectivity index (χ0v) is 11.8. The number of benzene rings is 2. The van der Waals surface area contributed by atoms with Crippen LogP contribution in [0.2, 0.25) is 0 Å². The smallest absolute Gasteiger partial charge is 0.130 e.